The van der Waals surface area contributed by atoms with E-state index in [0.29, 0.717) is 28.4 Å². The largest absolute Gasteiger partial charge is 0.493 e. The molecule has 24 heavy (non-hydrogen) atoms. The van der Waals surface area contributed by atoms with Gasteiger partial charge in [0.25, 0.3) is 5.91 Å². The highest BCUT2D eigenvalue weighted by Gasteiger charge is 2.10. The van der Waals surface area contributed by atoms with Crippen molar-refractivity contribution in [3.05, 3.63) is 47.8 Å². The summed E-state index contributed by atoms with van der Waals surface area (Å²) in [6.45, 7) is 1.69. The van der Waals surface area contributed by atoms with Crippen LogP contribution in [-0.4, -0.2) is 31.0 Å². The van der Waals surface area contributed by atoms with Crippen LogP contribution in [0.25, 0.3) is 0 Å². The molecule has 0 fully saturated rings. The Labute approximate surface area is 140 Å². The maximum absolute atomic E-state index is 12.4. The maximum Gasteiger partial charge on any atom is 0.255 e. The summed E-state index contributed by atoms with van der Waals surface area (Å²) in [5.41, 5.74) is 1.63. The molecular formula is C17H19N3O4. The van der Waals surface area contributed by atoms with E-state index in [0.717, 1.165) is 0 Å². The summed E-state index contributed by atoms with van der Waals surface area (Å²) in [4.78, 5) is 27.4. The first-order chi connectivity index (χ1) is 11.5. The number of carbonyl (C=O) groups excluding carboxylic acids is 2. The normalized spacial score (nSPS) is 9.96. The summed E-state index contributed by atoms with van der Waals surface area (Å²) in [7, 11) is 3.07. The number of hydrogen-bond acceptors (Lipinski definition) is 5. The Morgan fingerprint density at radius 2 is 1.83 bits per heavy atom. The van der Waals surface area contributed by atoms with E-state index >= 15 is 0 Å². The molecule has 0 atom stereocenters. The highest BCUT2D eigenvalue weighted by atomic mass is 16.5. The van der Waals surface area contributed by atoms with E-state index in [1.54, 1.807) is 37.4 Å². The van der Waals surface area contributed by atoms with E-state index in [9.17, 15) is 9.59 Å². The van der Waals surface area contributed by atoms with Crippen molar-refractivity contribution in [2.75, 3.05) is 19.5 Å². The summed E-state index contributed by atoms with van der Waals surface area (Å²) < 4.78 is 10.4. The molecule has 1 aromatic carbocycles. The van der Waals surface area contributed by atoms with E-state index in [4.69, 9.17) is 9.47 Å². The molecule has 2 rings (SSSR count). The lowest BCUT2D eigenvalue weighted by molar-refractivity contribution is -0.119. The van der Waals surface area contributed by atoms with Crippen LogP contribution in [-0.2, 0) is 11.3 Å². The van der Waals surface area contributed by atoms with Gasteiger partial charge in [-0.25, -0.2) is 0 Å². The minimum absolute atomic E-state index is 0.156. The topological polar surface area (TPSA) is 89.5 Å². The zero-order valence-corrected chi connectivity index (χ0v) is 13.8. The Kier molecular flexibility index (Phi) is 5.73. The fraction of sp³-hybridized carbons (Fsp3) is 0.235. The third-order valence-electron chi connectivity index (χ3n) is 3.24. The minimum Gasteiger partial charge on any atom is -0.493 e. The van der Waals surface area contributed by atoms with Crippen LogP contribution in [0.15, 0.2) is 36.5 Å². The molecule has 0 saturated carbocycles. The van der Waals surface area contributed by atoms with Crippen LogP contribution in [0.3, 0.4) is 0 Å². The van der Waals surface area contributed by atoms with Crippen LogP contribution in [0.4, 0.5) is 5.69 Å². The Balaban J connectivity index is 2.12. The van der Waals surface area contributed by atoms with Gasteiger partial charge in [0.2, 0.25) is 5.91 Å². The number of amides is 2. The number of ether oxygens (including phenoxy) is 2. The number of nitrogens with one attached hydrogen (secondary N) is 2. The number of anilines is 1. The van der Waals surface area contributed by atoms with E-state index in [2.05, 4.69) is 15.6 Å². The van der Waals surface area contributed by atoms with Crippen molar-refractivity contribution in [1.82, 2.24) is 10.3 Å². The van der Waals surface area contributed by atoms with E-state index in [-0.39, 0.29) is 18.4 Å². The average molecular weight is 329 g/mol. The first-order valence-electron chi connectivity index (χ1n) is 7.26. The SMILES string of the molecule is COc1ccc(NC(=O)c2ccnc(CNC(C)=O)c2)cc1OC. The highest BCUT2D eigenvalue weighted by molar-refractivity contribution is 6.04. The van der Waals surface area contributed by atoms with E-state index in [1.807, 2.05) is 0 Å². The molecule has 7 heteroatoms. The lowest BCUT2D eigenvalue weighted by atomic mass is 10.2. The molecule has 0 spiro atoms. The van der Waals surface area contributed by atoms with Crippen molar-refractivity contribution < 1.29 is 19.1 Å². The Hall–Kier alpha value is -3.09. The number of carbonyl (C=O) groups is 2. The van der Waals surface area contributed by atoms with Crippen LogP contribution < -0.4 is 20.1 Å². The zero-order valence-electron chi connectivity index (χ0n) is 13.8. The van der Waals surface area contributed by atoms with Gasteiger partial charge in [-0.3, -0.25) is 14.6 Å². The molecule has 0 radical (unpaired) electrons. The molecule has 0 aliphatic heterocycles. The minimum atomic E-state index is -0.284. The number of rotatable bonds is 6. The quantitative estimate of drug-likeness (QED) is 0.846. The van der Waals surface area contributed by atoms with Gasteiger partial charge >= 0.3 is 0 Å². The summed E-state index contributed by atoms with van der Waals surface area (Å²) in [5.74, 6) is 0.666. The van der Waals surface area contributed by atoms with Crippen molar-refractivity contribution >= 4 is 17.5 Å². The first-order valence-corrected chi connectivity index (χ1v) is 7.26. The summed E-state index contributed by atoms with van der Waals surface area (Å²) in [6.07, 6.45) is 1.53. The third kappa shape index (κ3) is 4.45. The number of methoxy groups -OCH3 is 2. The molecule has 0 aliphatic carbocycles. The molecule has 7 nitrogen and oxygen atoms in total. The van der Waals surface area contributed by atoms with Crippen LogP contribution >= 0.6 is 0 Å². The standard InChI is InChI=1S/C17H19N3O4/c1-11(21)19-10-14-8-12(6-7-18-14)17(22)20-13-4-5-15(23-2)16(9-13)24-3/h4-9H,10H2,1-3H3,(H,19,21)(H,20,22). The second-order valence-corrected chi connectivity index (χ2v) is 4.97. The number of nitrogens with zero attached hydrogens (tertiary/aromatic N) is 1. The Morgan fingerprint density at radius 1 is 1.08 bits per heavy atom. The van der Waals surface area contributed by atoms with Crippen molar-refractivity contribution in [2.24, 2.45) is 0 Å². The van der Waals surface area contributed by atoms with Gasteiger partial charge in [0, 0.05) is 30.4 Å². The summed E-state index contributed by atoms with van der Waals surface area (Å²) in [6, 6.07) is 8.34. The van der Waals surface area contributed by atoms with Gasteiger partial charge in [-0.1, -0.05) is 0 Å². The monoisotopic (exact) mass is 329 g/mol. The van der Waals surface area contributed by atoms with Gasteiger partial charge in [0.05, 0.1) is 26.5 Å². The van der Waals surface area contributed by atoms with E-state index < -0.39 is 0 Å². The number of pyridine rings is 1. The van der Waals surface area contributed by atoms with Crippen molar-refractivity contribution in [3.8, 4) is 11.5 Å². The Morgan fingerprint density at radius 3 is 2.50 bits per heavy atom. The second-order valence-electron chi connectivity index (χ2n) is 4.97. The third-order valence-corrected chi connectivity index (χ3v) is 3.24. The van der Waals surface area contributed by atoms with E-state index in [1.165, 1.54) is 20.2 Å². The van der Waals surface area contributed by atoms with Gasteiger partial charge in [-0.15, -0.1) is 0 Å². The average Bonchev–Trinajstić information content (AvgIpc) is 2.60. The predicted molar refractivity (Wildman–Crippen MR) is 89.3 cm³/mol. The van der Waals surface area contributed by atoms with Crippen LogP contribution in [0.1, 0.15) is 23.0 Å². The van der Waals surface area contributed by atoms with Crippen LogP contribution in [0, 0.1) is 0 Å². The summed E-state index contributed by atoms with van der Waals surface area (Å²) >= 11 is 0. The lowest BCUT2D eigenvalue weighted by Gasteiger charge is -2.11. The van der Waals surface area contributed by atoms with Gasteiger partial charge < -0.3 is 20.1 Å². The molecule has 0 aliphatic rings. The van der Waals surface area contributed by atoms with Gasteiger partial charge in [0.15, 0.2) is 11.5 Å². The predicted octanol–water partition coefficient (Wildman–Crippen LogP) is 1.99. The fourth-order valence-corrected chi connectivity index (χ4v) is 2.05. The first kappa shape index (κ1) is 17.3. The number of benzene rings is 1. The number of hydrogen-bond donors (Lipinski definition) is 2. The van der Waals surface area contributed by atoms with Gasteiger partial charge in [0.1, 0.15) is 0 Å². The molecular weight excluding hydrogens is 310 g/mol. The van der Waals surface area contributed by atoms with Crippen LogP contribution in [0.5, 0.6) is 11.5 Å². The molecule has 1 heterocycles. The smallest absolute Gasteiger partial charge is 0.255 e. The molecule has 0 bridgehead atoms. The second kappa shape index (κ2) is 7.96. The lowest BCUT2D eigenvalue weighted by Crippen LogP contribution is -2.20. The maximum atomic E-state index is 12.4. The molecule has 2 N–H and O–H groups in total. The zero-order chi connectivity index (χ0) is 17.5. The molecule has 0 unspecified atom stereocenters. The van der Waals surface area contributed by atoms with Gasteiger partial charge in [-0.2, -0.15) is 0 Å². The molecule has 1 aromatic heterocycles. The molecule has 126 valence electrons. The van der Waals surface area contributed by atoms with Gasteiger partial charge in [-0.05, 0) is 24.3 Å². The van der Waals surface area contributed by atoms with Crippen molar-refractivity contribution in [2.45, 2.75) is 13.5 Å². The molecule has 2 amide bonds. The van der Waals surface area contributed by atoms with Crippen LogP contribution in [0.2, 0.25) is 0 Å². The summed E-state index contributed by atoms with van der Waals surface area (Å²) in [5, 5.41) is 5.43. The molecule has 0 saturated heterocycles. The highest BCUT2D eigenvalue weighted by Crippen LogP contribution is 2.29. The Bertz CT molecular complexity index is 746. The molecule has 2 aromatic rings. The fourth-order valence-electron chi connectivity index (χ4n) is 2.05. The van der Waals surface area contributed by atoms with Crippen molar-refractivity contribution in [3.63, 3.8) is 0 Å². The van der Waals surface area contributed by atoms with Crippen molar-refractivity contribution in [1.29, 1.82) is 0 Å². The number of aromatic nitrogens is 1.